The van der Waals surface area contributed by atoms with E-state index in [0.29, 0.717) is 12.3 Å². The van der Waals surface area contributed by atoms with Gasteiger partial charge < -0.3 is 5.32 Å². The van der Waals surface area contributed by atoms with Crippen LogP contribution in [0.25, 0.3) is 0 Å². The molecule has 0 radical (unpaired) electrons. The molecule has 1 aromatic heterocycles. The van der Waals surface area contributed by atoms with E-state index in [0.717, 1.165) is 16.6 Å². The van der Waals surface area contributed by atoms with Crippen LogP contribution in [0.1, 0.15) is 25.1 Å². The molecule has 0 aliphatic rings. The number of hydrogen-bond acceptors (Lipinski definition) is 2. The summed E-state index contributed by atoms with van der Waals surface area (Å²) < 4.78 is 0. The third kappa shape index (κ3) is 4.66. The van der Waals surface area contributed by atoms with Crippen molar-refractivity contribution in [2.24, 2.45) is 5.92 Å². The number of carbonyl (C=O) groups excluding carboxylic acids is 1. The predicted octanol–water partition coefficient (Wildman–Crippen LogP) is 3.22. The van der Waals surface area contributed by atoms with Crippen LogP contribution in [-0.2, 0) is 11.2 Å². The lowest BCUT2D eigenvalue weighted by Crippen LogP contribution is -2.39. The third-order valence-electron chi connectivity index (χ3n) is 2.49. The van der Waals surface area contributed by atoms with Crippen LogP contribution in [0, 0.1) is 5.92 Å². The molecule has 1 unspecified atom stereocenters. The summed E-state index contributed by atoms with van der Waals surface area (Å²) in [6.07, 6.45) is 1.48. The number of thiophene rings is 1. The minimum Gasteiger partial charge on any atom is -0.353 e. The fourth-order valence-corrected chi connectivity index (χ4v) is 2.72. The number of amides is 1. The van der Waals surface area contributed by atoms with Crippen molar-refractivity contribution in [1.82, 2.24) is 5.32 Å². The second kappa shape index (κ2) is 7.07. The van der Waals surface area contributed by atoms with Gasteiger partial charge in [0.25, 0.3) is 0 Å². The molecule has 0 bridgehead atoms. The summed E-state index contributed by atoms with van der Waals surface area (Å²) in [5.74, 6) is 0.604. The highest BCUT2D eigenvalue weighted by Crippen LogP contribution is 2.11. The summed E-state index contributed by atoms with van der Waals surface area (Å²) in [4.78, 5) is 12.9. The molecule has 0 aliphatic heterocycles. The largest absolute Gasteiger partial charge is 0.353 e. The maximum Gasteiger partial charge on any atom is 0.225 e. The molecule has 1 atom stereocenters. The zero-order valence-corrected chi connectivity index (χ0v) is 12.1. The molecule has 1 aromatic rings. The molecule has 90 valence electrons. The number of rotatable bonds is 6. The normalized spacial score (nSPS) is 12.8. The highest BCUT2D eigenvalue weighted by atomic mass is 79.9. The molecule has 4 heteroatoms. The molecule has 0 saturated carbocycles. The first kappa shape index (κ1) is 13.7. The second-order valence-corrected chi connectivity index (χ2v) is 5.98. The Morgan fingerprint density at radius 1 is 1.56 bits per heavy atom. The van der Waals surface area contributed by atoms with Gasteiger partial charge >= 0.3 is 0 Å². The summed E-state index contributed by atoms with van der Waals surface area (Å²) in [5, 5.41) is 6.02. The van der Waals surface area contributed by atoms with Crippen molar-refractivity contribution in [3.8, 4) is 0 Å². The average Bonchev–Trinajstić information content (AvgIpc) is 2.69. The van der Waals surface area contributed by atoms with E-state index in [2.05, 4.69) is 35.1 Å². The van der Waals surface area contributed by atoms with Crippen LogP contribution >= 0.6 is 27.3 Å². The van der Waals surface area contributed by atoms with E-state index in [1.54, 1.807) is 11.3 Å². The molecule has 0 aromatic carbocycles. The van der Waals surface area contributed by atoms with Crippen molar-refractivity contribution in [3.63, 3.8) is 0 Å². The summed E-state index contributed by atoms with van der Waals surface area (Å²) in [6, 6.07) is 4.25. The lowest BCUT2D eigenvalue weighted by molar-refractivity contribution is -0.121. The van der Waals surface area contributed by atoms with Gasteiger partial charge in [0.15, 0.2) is 0 Å². The fourth-order valence-electron chi connectivity index (χ4n) is 1.52. The molecule has 1 heterocycles. The summed E-state index contributed by atoms with van der Waals surface area (Å²) in [6.45, 7) is 4.28. The second-order valence-electron chi connectivity index (χ2n) is 4.15. The van der Waals surface area contributed by atoms with Gasteiger partial charge in [-0.05, 0) is 23.8 Å². The van der Waals surface area contributed by atoms with E-state index in [1.807, 2.05) is 17.5 Å². The summed E-state index contributed by atoms with van der Waals surface area (Å²) >= 11 is 5.05. The van der Waals surface area contributed by atoms with Crippen LogP contribution in [0.2, 0.25) is 0 Å². The van der Waals surface area contributed by atoms with Crippen molar-refractivity contribution in [2.45, 2.75) is 32.7 Å². The molecule has 16 heavy (non-hydrogen) atoms. The van der Waals surface area contributed by atoms with Gasteiger partial charge in [0.2, 0.25) is 5.91 Å². The Hall–Kier alpha value is -0.350. The number of hydrogen-bond donors (Lipinski definition) is 1. The molecular formula is C12H18BrNOS. The van der Waals surface area contributed by atoms with Gasteiger partial charge in [-0.2, -0.15) is 0 Å². The zero-order chi connectivity index (χ0) is 12.0. The molecule has 0 aliphatic carbocycles. The third-order valence-corrected chi connectivity index (χ3v) is 3.82. The molecule has 1 N–H and O–H groups in total. The Morgan fingerprint density at radius 2 is 2.31 bits per heavy atom. The molecule has 1 rings (SSSR count). The topological polar surface area (TPSA) is 29.1 Å². The number of halogens is 1. The van der Waals surface area contributed by atoms with Crippen LogP contribution in [0.5, 0.6) is 0 Å². The van der Waals surface area contributed by atoms with Crippen molar-refractivity contribution < 1.29 is 4.79 Å². The van der Waals surface area contributed by atoms with Gasteiger partial charge in [0.05, 0.1) is 6.42 Å². The van der Waals surface area contributed by atoms with Gasteiger partial charge in [0, 0.05) is 16.2 Å². The zero-order valence-electron chi connectivity index (χ0n) is 9.70. The van der Waals surface area contributed by atoms with E-state index in [1.165, 1.54) is 0 Å². The highest BCUT2D eigenvalue weighted by Gasteiger charge is 2.15. The van der Waals surface area contributed by atoms with Gasteiger partial charge in [0.1, 0.15) is 0 Å². The molecular weight excluding hydrogens is 286 g/mol. The van der Waals surface area contributed by atoms with Crippen molar-refractivity contribution >= 4 is 33.2 Å². The SMILES string of the molecule is CC(C)C(CCBr)NC(=O)Cc1cccs1. The minimum absolute atomic E-state index is 0.127. The number of alkyl halides is 1. The molecule has 0 saturated heterocycles. The Bertz CT molecular complexity index is 311. The lowest BCUT2D eigenvalue weighted by Gasteiger charge is -2.21. The summed E-state index contributed by atoms with van der Waals surface area (Å²) in [7, 11) is 0. The van der Waals surface area contributed by atoms with Crippen LogP contribution in [0.4, 0.5) is 0 Å². The number of carbonyl (C=O) groups is 1. The highest BCUT2D eigenvalue weighted by molar-refractivity contribution is 9.09. The Labute approximate surface area is 110 Å². The van der Waals surface area contributed by atoms with Crippen LogP contribution in [0.3, 0.4) is 0 Å². The van der Waals surface area contributed by atoms with E-state index < -0.39 is 0 Å². The molecule has 0 fully saturated rings. The van der Waals surface area contributed by atoms with E-state index in [9.17, 15) is 4.79 Å². The van der Waals surface area contributed by atoms with Crippen LogP contribution < -0.4 is 5.32 Å². The van der Waals surface area contributed by atoms with E-state index in [4.69, 9.17) is 0 Å². The molecule has 2 nitrogen and oxygen atoms in total. The van der Waals surface area contributed by atoms with Crippen LogP contribution in [0.15, 0.2) is 17.5 Å². The summed E-state index contributed by atoms with van der Waals surface area (Å²) in [5.41, 5.74) is 0. The van der Waals surface area contributed by atoms with Gasteiger partial charge in [-0.3, -0.25) is 4.79 Å². The van der Waals surface area contributed by atoms with E-state index >= 15 is 0 Å². The van der Waals surface area contributed by atoms with Gasteiger partial charge in [-0.25, -0.2) is 0 Å². The predicted molar refractivity (Wildman–Crippen MR) is 73.2 cm³/mol. The Morgan fingerprint density at radius 3 is 2.81 bits per heavy atom. The first-order valence-corrected chi connectivity index (χ1v) is 7.51. The van der Waals surface area contributed by atoms with Crippen molar-refractivity contribution in [2.75, 3.05) is 5.33 Å². The van der Waals surface area contributed by atoms with E-state index in [-0.39, 0.29) is 11.9 Å². The monoisotopic (exact) mass is 303 g/mol. The van der Waals surface area contributed by atoms with Crippen molar-refractivity contribution in [1.29, 1.82) is 0 Å². The Kier molecular flexibility index (Phi) is 6.06. The number of nitrogens with one attached hydrogen (secondary N) is 1. The van der Waals surface area contributed by atoms with Crippen LogP contribution in [-0.4, -0.2) is 17.3 Å². The maximum atomic E-state index is 11.8. The first-order valence-electron chi connectivity index (χ1n) is 5.51. The molecule has 0 spiro atoms. The maximum absolute atomic E-state index is 11.8. The van der Waals surface area contributed by atoms with Gasteiger partial charge in [-0.15, -0.1) is 11.3 Å². The quantitative estimate of drug-likeness (QED) is 0.803. The smallest absolute Gasteiger partial charge is 0.225 e. The standard InChI is InChI=1S/C12H18BrNOS/c1-9(2)11(5-6-13)14-12(15)8-10-4-3-7-16-10/h3-4,7,9,11H,5-6,8H2,1-2H3,(H,14,15). The fraction of sp³-hybridized carbons (Fsp3) is 0.583. The van der Waals surface area contributed by atoms with Gasteiger partial charge in [-0.1, -0.05) is 35.8 Å². The van der Waals surface area contributed by atoms with Crippen molar-refractivity contribution in [3.05, 3.63) is 22.4 Å². The Balaban J connectivity index is 2.42. The average molecular weight is 304 g/mol. The molecule has 1 amide bonds. The first-order chi connectivity index (χ1) is 7.63. The minimum atomic E-state index is 0.127. The lowest BCUT2D eigenvalue weighted by atomic mass is 10.0.